The van der Waals surface area contributed by atoms with Crippen LogP contribution in [0.25, 0.3) is 0 Å². The first kappa shape index (κ1) is 22.3. The zero-order chi connectivity index (χ0) is 22.9. The largest absolute Gasteiger partial charge is 0.351 e. The fourth-order valence-electron chi connectivity index (χ4n) is 4.33. The topological polar surface area (TPSA) is 107 Å². The highest BCUT2D eigenvalue weighted by Crippen LogP contribution is 2.38. The number of nitrogens with zero attached hydrogens (tertiary/aromatic N) is 5. The van der Waals surface area contributed by atoms with Crippen molar-refractivity contribution in [2.75, 3.05) is 23.3 Å². The van der Waals surface area contributed by atoms with Gasteiger partial charge < -0.3 is 15.5 Å². The quantitative estimate of drug-likeness (QED) is 0.675. The summed E-state index contributed by atoms with van der Waals surface area (Å²) in [5, 5.41) is 16.2. The number of aromatic nitrogens is 3. The van der Waals surface area contributed by atoms with Gasteiger partial charge in [-0.2, -0.15) is 14.6 Å². The van der Waals surface area contributed by atoms with E-state index in [0.29, 0.717) is 37.7 Å². The van der Waals surface area contributed by atoms with E-state index >= 15 is 0 Å². The van der Waals surface area contributed by atoms with Gasteiger partial charge in [-0.05, 0) is 44.3 Å². The van der Waals surface area contributed by atoms with Crippen molar-refractivity contribution in [1.82, 2.24) is 19.7 Å². The number of halogens is 2. The van der Waals surface area contributed by atoms with Crippen LogP contribution >= 0.6 is 11.5 Å². The molecular weight excluding hydrogens is 436 g/mol. The molecule has 1 unspecified atom stereocenters. The number of carbonyl (C=O) groups is 1. The summed E-state index contributed by atoms with van der Waals surface area (Å²) in [6.07, 6.45) is 2.00. The summed E-state index contributed by atoms with van der Waals surface area (Å²) in [5.41, 5.74) is 0.999. The third kappa shape index (κ3) is 4.80. The molecular formula is C21H25F2N7OS. The normalized spacial score (nSPS) is 21.3. The highest BCUT2D eigenvalue weighted by Gasteiger charge is 2.47. The number of carbonyl (C=O) groups excluding carboxylic acids is 1. The molecule has 11 heteroatoms. The van der Waals surface area contributed by atoms with Crippen molar-refractivity contribution >= 4 is 34.2 Å². The Labute approximate surface area is 189 Å². The Morgan fingerprint density at radius 1 is 1.41 bits per heavy atom. The molecule has 0 aromatic carbocycles. The van der Waals surface area contributed by atoms with Crippen molar-refractivity contribution in [3.05, 3.63) is 23.5 Å². The second-order valence-corrected chi connectivity index (χ2v) is 9.57. The average Bonchev–Trinajstić information content (AvgIpc) is 3.11. The monoisotopic (exact) mass is 461 g/mol. The molecule has 8 nitrogen and oxygen atoms in total. The van der Waals surface area contributed by atoms with Crippen molar-refractivity contribution in [2.45, 2.75) is 57.4 Å². The summed E-state index contributed by atoms with van der Waals surface area (Å²) >= 11 is 1.32. The van der Waals surface area contributed by atoms with E-state index in [4.69, 9.17) is 0 Å². The summed E-state index contributed by atoms with van der Waals surface area (Å²) in [4.78, 5) is 23.6. The molecule has 0 radical (unpaired) electrons. The second-order valence-electron chi connectivity index (χ2n) is 8.77. The van der Waals surface area contributed by atoms with Crippen LogP contribution in [0.15, 0.2) is 12.3 Å². The Morgan fingerprint density at radius 2 is 2.19 bits per heavy atom. The first-order chi connectivity index (χ1) is 15.2. The van der Waals surface area contributed by atoms with Gasteiger partial charge in [0.2, 0.25) is 17.8 Å². The van der Waals surface area contributed by atoms with Crippen LogP contribution in [0, 0.1) is 31.1 Å². The van der Waals surface area contributed by atoms with E-state index in [0.717, 1.165) is 16.3 Å². The lowest BCUT2D eigenvalue weighted by molar-refractivity contribution is -0.134. The zero-order valence-electron chi connectivity index (χ0n) is 18.0. The van der Waals surface area contributed by atoms with Crippen LogP contribution in [0.4, 0.5) is 25.5 Å². The molecule has 0 bridgehead atoms. The van der Waals surface area contributed by atoms with Crippen LogP contribution < -0.4 is 15.5 Å². The maximum Gasteiger partial charge on any atom is 0.248 e. The van der Waals surface area contributed by atoms with Gasteiger partial charge in [-0.15, -0.1) is 0 Å². The number of aryl methyl sites for hydroxylation is 2. The van der Waals surface area contributed by atoms with Gasteiger partial charge >= 0.3 is 0 Å². The summed E-state index contributed by atoms with van der Waals surface area (Å²) in [6, 6.07) is 4.03. The molecule has 2 aromatic heterocycles. The number of amides is 1. The van der Waals surface area contributed by atoms with Gasteiger partial charge in [-0.25, -0.2) is 13.8 Å². The van der Waals surface area contributed by atoms with E-state index in [1.807, 2.05) is 24.8 Å². The molecule has 1 aliphatic carbocycles. The number of nitrogens with one attached hydrogen (secondary N) is 2. The fraction of sp³-hybridized carbons (Fsp3) is 0.571. The molecule has 32 heavy (non-hydrogen) atoms. The molecule has 1 saturated carbocycles. The molecule has 4 rings (SSSR count). The van der Waals surface area contributed by atoms with E-state index in [1.54, 1.807) is 6.20 Å². The third-order valence-corrected chi connectivity index (χ3v) is 6.71. The first-order valence-corrected chi connectivity index (χ1v) is 11.3. The van der Waals surface area contributed by atoms with Gasteiger partial charge in [0.15, 0.2) is 0 Å². The maximum absolute atomic E-state index is 13.8. The number of hydrogen-bond acceptors (Lipinski definition) is 8. The third-order valence-electron chi connectivity index (χ3n) is 5.91. The second kappa shape index (κ2) is 8.58. The van der Waals surface area contributed by atoms with Crippen molar-refractivity contribution in [3.63, 3.8) is 0 Å². The fourth-order valence-corrected chi connectivity index (χ4v) is 4.98. The smallest absolute Gasteiger partial charge is 0.248 e. The Hall–Kier alpha value is -2.87. The molecule has 0 spiro atoms. The maximum atomic E-state index is 13.8. The first-order valence-electron chi connectivity index (χ1n) is 10.5. The SMILES string of the molecule is Cc1cc(Nc2ncc(C)c(N3CC(CC#N)(NC(=O)C4CCCC(F)(F)C4)C3)n2)sn1. The Morgan fingerprint density at radius 3 is 2.84 bits per heavy atom. The molecule has 2 N–H and O–H groups in total. The van der Waals surface area contributed by atoms with E-state index < -0.39 is 23.8 Å². The van der Waals surface area contributed by atoms with Crippen LogP contribution in [0.1, 0.15) is 43.4 Å². The number of hydrogen-bond donors (Lipinski definition) is 2. The summed E-state index contributed by atoms with van der Waals surface area (Å²) in [6.45, 7) is 4.56. The molecule has 2 fully saturated rings. The predicted octanol–water partition coefficient (Wildman–Crippen LogP) is 3.71. The van der Waals surface area contributed by atoms with Gasteiger partial charge in [0.05, 0.1) is 23.7 Å². The summed E-state index contributed by atoms with van der Waals surface area (Å²) < 4.78 is 31.7. The lowest BCUT2D eigenvalue weighted by atomic mass is 9.82. The molecule has 2 aromatic rings. The van der Waals surface area contributed by atoms with Gasteiger partial charge in [0.1, 0.15) is 10.8 Å². The van der Waals surface area contributed by atoms with Gasteiger partial charge in [0.25, 0.3) is 0 Å². The lowest BCUT2D eigenvalue weighted by Crippen LogP contribution is -2.71. The van der Waals surface area contributed by atoms with Crippen LogP contribution in [-0.2, 0) is 4.79 Å². The highest BCUT2D eigenvalue weighted by molar-refractivity contribution is 7.10. The van der Waals surface area contributed by atoms with Gasteiger partial charge in [0, 0.05) is 43.6 Å². The molecule has 170 valence electrons. The molecule has 1 saturated heterocycles. The molecule has 1 atom stereocenters. The molecule has 2 aliphatic rings. The van der Waals surface area contributed by atoms with Crippen molar-refractivity contribution in [1.29, 1.82) is 5.26 Å². The molecule has 1 amide bonds. The predicted molar refractivity (Wildman–Crippen MR) is 117 cm³/mol. The van der Waals surface area contributed by atoms with Crippen LogP contribution in [0.5, 0.6) is 0 Å². The Balaban J connectivity index is 1.44. The van der Waals surface area contributed by atoms with Crippen molar-refractivity contribution in [2.24, 2.45) is 5.92 Å². The number of rotatable bonds is 6. The number of anilines is 3. The van der Waals surface area contributed by atoms with Crippen molar-refractivity contribution < 1.29 is 13.6 Å². The Bertz CT molecular complexity index is 1050. The molecule has 1 aliphatic heterocycles. The minimum absolute atomic E-state index is 0.105. The van der Waals surface area contributed by atoms with Gasteiger partial charge in [-0.3, -0.25) is 4.79 Å². The van der Waals surface area contributed by atoms with Crippen molar-refractivity contribution in [3.8, 4) is 6.07 Å². The summed E-state index contributed by atoms with van der Waals surface area (Å²) in [5.74, 6) is -2.77. The van der Waals surface area contributed by atoms with Crippen LogP contribution in [0.2, 0.25) is 0 Å². The Kier molecular flexibility index (Phi) is 5.99. The van der Waals surface area contributed by atoms with Gasteiger partial charge in [-0.1, -0.05) is 0 Å². The summed E-state index contributed by atoms with van der Waals surface area (Å²) in [7, 11) is 0. The number of nitriles is 1. The van der Waals surface area contributed by atoms with Crippen LogP contribution in [0.3, 0.4) is 0 Å². The van der Waals surface area contributed by atoms with E-state index in [9.17, 15) is 18.8 Å². The minimum Gasteiger partial charge on any atom is -0.351 e. The minimum atomic E-state index is -2.80. The molecule has 3 heterocycles. The standard InChI is InChI=1S/C21H25F2N7OS/c1-13-10-25-19(26-16-8-14(2)29-32-16)27-17(13)30-11-20(12-30,6-7-24)28-18(31)15-4-3-5-21(22,23)9-15/h8,10,15H,3-6,9,11-12H2,1-2H3,(H,28,31)(H,25,26,27). The van der Waals surface area contributed by atoms with E-state index in [2.05, 4.69) is 31.0 Å². The number of alkyl halides is 2. The lowest BCUT2D eigenvalue weighted by Gasteiger charge is -2.51. The highest BCUT2D eigenvalue weighted by atomic mass is 32.1. The van der Waals surface area contributed by atoms with E-state index in [1.165, 1.54) is 11.5 Å². The average molecular weight is 462 g/mol. The zero-order valence-corrected chi connectivity index (χ0v) is 18.8. The van der Waals surface area contributed by atoms with Crippen LogP contribution in [-0.4, -0.2) is 44.8 Å². The van der Waals surface area contributed by atoms with E-state index in [-0.39, 0.29) is 18.7 Å².